The van der Waals surface area contributed by atoms with Crippen molar-refractivity contribution in [2.45, 2.75) is 12.8 Å². The lowest BCUT2D eigenvalue weighted by atomic mass is 9.96. The van der Waals surface area contributed by atoms with Crippen LogP contribution in [0.5, 0.6) is 0 Å². The number of nitrogens with zero attached hydrogens (tertiary/aromatic N) is 3. The van der Waals surface area contributed by atoms with Crippen LogP contribution in [0.2, 0.25) is 0 Å². The first-order valence-corrected chi connectivity index (χ1v) is 6.30. The van der Waals surface area contributed by atoms with Crippen LogP contribution in [0.1, 0.15) is 23.3 Å². The second kappa shape index (κ2) is 5.39. The Labute approximate surface area is 107 Å². The van der Waals surface area contributed by atoms with Crippen LogP contribution in [0.15, 0.2) is 6.20 Å². The van der Waals surface area contributed by atoms with E-state index in [1.165, 1.54) is 6.20 Å². The molecule has 0 unspecified atom stereocenters. The Morgan fingerprint density at radius 1 is 1.61 bits per heavy atom. The topological polar surface area (TPSA) is 78.2 Å². The van der Waals surface area contributed by atoms with Crippen LogP contribution in [0.25, 0.3) is 0 Å². The Balaban J connectivity index is 1.90. The average Bonchev–Trinajstić information content (AvgIpc) is 2.77. The first-order chi connectivity index (χ1) is 8.58. The van der Waals surface area contributed by atoms with Gasteiger partial charge in [-0.3, -0.25) is 9.89 Å². The maximum absolute atomic E-state index is 12.1. The first-order valence-electron chi connectivity index (χ1n) is 6.30. The minimum Gasteiger partial charge on any atom is -0.396 e. The predicted octanol–water partition coefficient (Wildman–Crippen LogP) is 0.406. The van der Waals surface area contributed by atoms with Gasteiger partial charge in [-0.1, -0.05) is 0 Å². The summed E-state index contributed by atoms with van der Waals surface area (Å²) in [5, 5.41) is 6.43. The zero-order valence-corrected chi connectivity index (χ0v) is 11.0. The number of nitrogens with one attached hydrogen (secondary N) is 1. The van der Waals surface area contributed by atoms with E-state index < -0.39 is 0 Å². The number of aromatic nitrogens is 2. The highest BCUT2D eigenvalue weighted by Gasteiger charge is 2.22. The zero-order valence-electron chi connectivity index (χ0n) is 11.0. The third-order valence-electron chi connectivity index (χ3n) is 3.60. The summed E-state index contributed by atoms with van der Waals surface area (Å²) in [7, 11) is 3.96. The number of likely N-dealkylation sites (tertiary alicyclic amines) is 1. The molecule has 0 aliphatic carbocycles. The quantitative estimate of drug-likeness (QED) is 0.815. The number of carbonyl (C=O) groups excluding carboxylic acids is 1. The van der Waals surface area contributed by atoms with Gasteiger partial charge < -0.3 is 15.5 Å². The maximum Gasteiger partial charge on any atom is 0.273 e. The molecule has 1 aliphatic heterocycles. The molecule has 0 spiro atoms. The van der Waals surface area contributed by atoms with E-state index in [-0.39, 0.29) is 5.91 Å². The van der Waals surface area contributed by atoms with Crippen molar-refractivity contribution in [1.29, 1.82) is 0 Å². The Morgan fingerprint density at radius 2 is 2.28 bits per heavy atom. The molecule has 0 radical (unpaired) electrons. The van der Waals surface area contributed by atoms with Crippen molar-refractivity contribution < 1.29 is 4.79 Å². The second-order valence-electron chi connectivity index (χ2n) is 5.13. The van der Waals surface area contributed by atoms with Gasteiger partial charge in [0, 0.05) is 13.6 Å². The molecule has 3 N–H and O–H groups in total. The molecule has 6 heteroatoms. The number of hydrogen-bond acceptors (Lipinski definition) is 4. The van der Waals surface area contributed by atoms with Crippen LogP contribution in [0.4, 0.5) is 5.69 Å². The summed E-state index contributed by atoms with van der Waals surface area (Å²) in [6.45, 7) is 3.00. The molecule has 1 aromatic rings. The van der Waals surface area contributed by atoms with E-state index in [0.717, 1.165) is 32.5 Å². The molecule has 6 nitrogen and oxygen atoms in total. The maximum atomic E-state index is 12.1. The monoisotopic (exact) mass is 251 g/mol. The summed E-state index contributed by atoms with van der Waals surface area (Å²) in [5.41, 5.74) is 6.49. The molecule has 0 bridgehead atoms. The number of H-pyrrole nitrogens is 1. The summed E-state index contributed by atoms with van der Waals surface area (Å²) in [5.74, 6) is 0.503. The highest BCUT2D eigenvalue weighted by atomic mass is 16.2. The fourth-order valence-corrected chi connectivity index (χ4v) is 2.37. The zero-order chi connectivity index (χ0) is 13.1. The van der Waals surface area contributed by atoms with Crippen LogP contribution in [-0.4, -0.2) is 59.6 Å². The fourth-order valence-electron chi connectivity index (χ4n) is 2.37. The molecule has 1 aromatic heterocycles. The molecule has 1 amide bonds. The van der Waals surface area contributed by atoms with Crippen LogP contribution >= 0.6 is 0 Å². The molecule has 0 aromatic carbocycles. The number of amides is 1. The summed E-state index contributed by atoms with van der Waals surface area (Å²) in [4.78, 5) is 16.2. The van der Waals surface area contributed by atoms with Gasteiger partial charge in [0.1, 0.15) is 5.69 Å². The number of aromatic amines is 1. The highest BCUT2D eigenvalue weighted by molar-refractivity contribution is 5.96. The van der Waals surface area contributed by atoms with Gasteiger partial charge in [0.2, 0.25) is 0 Å². The molecule has 1 fully saturated rings. The molecule has 0 saturated carbocycles. The van der Waals surface area contributed by atoms with Crippen molar-refractivity contribution in [3.63, 3.8) is 0 Å². The van der Waals surface area contributed by atoms with E-state index in [1.807, 2.05) is 7.05 Å². The summed E-state index contributed by atoms with van der Waals surface area (Å²) in [6, 6.07) is 0. The van der Waals surface area contributed by atoms with Gasteiger partial charge in [0.05, 0.1) is 11.9 Å². The summed E-state index contributed by atoms with van der Waals surface area (Å²) >= 11 is 0. The number of anilines is 1. The number of rotatable bonds is 3. The molecular formula is C12H21N5O. The lowest BCUT2D eigenvalue weighted by Crippen LogP contribution is -2.38. The van der Waals surface area contributed by atoms with Crippen molar-refractivity contribution in [2.24, 2.45) is 5.92 Å². The number of carbonyl (C=O) groups is 1. The number of nitrogens with two attached hydrogens (primary N) is 1. The number of hydrogen-bond donors (Lipinski definition) is 2. The van der Waals surface area contributed by atoms with Gasteiger partial charge in [0.15, 0.2) is 0 Å². The Bertz CT molecular complexity index is 408. The van der Waals surface area contributed by atoms with E-state index in [1.54, 1.807) is 4.90 Å². The minimum atomic E-state index is -0.0797. The third-order valence-corrected chi connectivity index (χ3v) is 3.60. The van der Waals surface area contributed by atoms with Crippen molar-refractivity contribution in [3.8, 4) is 0 Å². The molecule has 2 heterocycles. The summed E-state index contributed by atoms with van der Waals surface area (Å²) < 4.78 is 0. The van der Waals surface area contributed by atoms with E-state index in [0.29, 0.717) is 17.3 Å². The van der Waals surface area contributed by atoms with Crippen LogP contribution in [0, 0.1) is 5.92 Å². The Kier molecular flexibility index (Phi) is 3.86. The average molecular weight is 251 g/mol. The third kappa shape index (κ3) is 2.81. The van der Waals surface area contributed by atoms with Gasteiger partial charge >= 0.3 is 0 Å². The van der Waals surface area contributed by atoms with Crippen LogP contribution < -0.4 is 5.73 Å². The summed E-state index contributed by atoms with van der Waals surface area (Å²) in [6.07, 6.45) is 3.76. The molecule has 0 atom stereocenters. The van der Waals surface area contributed by atoms with Crippen LogP contribution in [0.3, 0.4) is 0 Å². The van der Waals surface area contributed by atoms with Crippen molar-refractivity contribution >= 4 is 11.6 Å². The van der Waals surface area contributed by atoms with Crippen molar-refractivity contribution in [3.05, 3.63) is 11.9 Å². The number of nitrogen functional groups attached to an aromatic ring is 1. The normalized spacial score (nSPS) is 17.9. The highest BCUT2D eigenvalue weighted by Crippen LogP contribution is 2.18. The van der Waals surface area contributed by atoms with Gasteiger partial charge in [-0.2, -0.15) is 5.10 Å². The molecule has 18 heavy (non-hydrogen) atoms. The van der Waals surface area contributed by atoms with E-state index >= 15 is 0 Å². The van der Waals surface area contributed by atoms with Crippen LogP contribution in [-0.2, 0) is 0 Å². The number of piperidine rings is 1. The molecule has 1 saturated heterocycles. The standard InChI is InChI=1S/C12H21N5O/c1-16-5-3-9(4-6-16)8-17(2)12(18)11-10(13)7-14-15-11/h7,9H,3-6,8,13H2,1-2H3,(H,14,15). The van der Waals surface area contributed by atoms with E-state index in [2.05, 4.69) is 22.1 Å². The Morgan fingerprint density at radius 3 is 2.83 bits per heavy atom. The smallest absolute Gasteiger partial charge is 0.273 e. The molecule has 100 valence electrons. The lowest BCUT2D eigenvalue weighted by Gasteiger charge is -2.31. The lowest BCUT2D eigenvalue weighted by molar-refractivity contribution is 0.0742. The molecule has 2 rings (SSSR count). The van der Waals surface area contributed by atoms with Gasteiger partial charge in [-0.15, -0.1) is 0 Å². The molecule has 1 aliphatic rings. The second-order valence-corrected chi connectivity index (χ2v) is 5.13. The minimum absolute atomic E-state index is 0.0797. The fraction of sp³-hybridized carbons (Fsp3) is 0.667. The van der Waals surface area contributed by atoms with Gasteiger partial charge in [-0.05, 0) is 38.9 Å². The van der Waals surface area contributed by atoms with E-state index in [4.69, 9.17) is 5.73 Å². The Hall–Kier alpha value is -1.56. The van der Waals surface area contributed by atoms with Crippen molar-refractivity contribution in [1.82, 2.24) is 20.0 Å². The van der Waals surface area contributed by atoms with Gasteiger partial charge in [0.25, 0.3) is 5.91 Å². The van der Waals surface area contributed by atoms with Gasteiger partial charge in [-0.25, -0.2) is 0 Å². The predicted molar refractivity (Wildman–Crippen MR) is 70.2 cm³/mol. The first kappa shape index (κ1) is 12.9. The SMILES string of the molecule is CN1CCC(CN(C)C(=O)c2[nH]ncc2N)CC1. The largest absolute Gasteiger partial charge is 0.396 e. The van der Waals surface area contributed by atoms with Crippen molar-refractivity contribution in [2.75, 3.05) is 39.5 Å². The molecular weight excluding hydrogens is 230 g/mol. The van der Waals surface area contributed by atoms with E-state index in [9.17, 15) is 4.79 Å².